The molecule has 0 aromatic carbocycles. The van der Waals surface area contributed by atoms with E-state index < -0.39 is 0 Å². The van der Waals surface area contributed by atoms with Gasteiger partial charge in [0.2, 0.25) is 0 Å². The number of ether oxygens (including phenoxy) is 1. The summed E-state index contributed by atoms with van der Waals surface area (Å²) < 4.78 is 5.12. The molecule has 0 radical (unpaired) electrons. The van der Waals surface area contributed by atoms with Gasteiger partial charge in [-0.15, -0.1) is 0 Å². The first kappa shape index (κ1) is 31.9. The molecule has 2 nitrogen and oxygen atoms in total. The highest BCUT2D eigenvalue weighted by Crippen LogP contribution is 2.34. The Hall–Kier alpha value is -2.09. The van der Waals surface area contributed by atoms with Gasteiger partial charge < -0.3 is 4.74 Å². The van der Waals surface area contributed by atoms with Crippen LogP contribution in [-0.4, -0.2) is 13.1 Å². The summed E-state index contributed by atoms with van der Waals surface area (Å²) in [5, 5.41) is 0. The van der Waals surface area contributed by atoms with Crippen molar-refractivity contribution < 1.29 is 9.53 Å². The van der Waals surface area contributed by atoms with Crippen LogP contribution in [-0.2, 0) is 9.53 Å². The van der Waals surface area contributed by atoms with Crippen LogP contribution in [0.25, 0.3) is 0 Å². The lowest BCUT2D eigenvalue weighted by molar-refractivity contribution is -0.146. The van der Waals surface area contributed by atoms with Crippen LogP contribution in [0, 0.1) is 11.8 Å². The smallest absolute Gasteiger partial charge is 0.308 e. The van der Waals surface area contributed by atoms with Crippen LogP contribution in [0.2, 0.25) is 0 Å². The maximum atomic E-state index is 12.4. The summed E-state index contributed by atoms with van der Waals surface area (Å²) in [6.07, 6.45) is 24.5. The van der Waals surface area contributed by atoms with Crippen molar-refractivity contribution in [2.75, 3.05) is 7.11 Å². The fourth-order valence-corrected chi connectivity index (χ4v) is 4.89. The van der Waals surface area contributed by atoms with Crippen molar-refractivity contribution in [2.45, 2.75) is 119 Å². The average molecular weight is 495 g/mol. The second-order valence-electron chi connectivity index (χ2n) is 11.4. The Balaban J connectivity index is 2.57. The van der Waals surface area contributed by atoms with E-state index in [9.17, 15) is 4.79 Å². The molecule has 1 aliphatic rings. The minimum Gasteiger partial charge on any atom is -0.469 e. The van der Waals surface area contributed by atoms with Gasteiger partial charge in [-0.2, -0.15) is 0 Å². The van der Waals surface area contributed by atoms with Gasteiger partial charge in [-0.3, -0.25) is 4.79 Å². The lowest BCUT2D eigenvalue weighted by Crippen LogP contribution is -2.23. The van der Waals surface area contributed by atoms with Gasteiger partial charge in [0.15, 0.2) is 0 Å². The molecule has 1 rings (SSSR count). The van der Waals surface area contributed by atoms with Crippen LogP contribution in [0.15, 0.2) is 70.4 Å². The molecule has 0 aliphatic heterocycles. The molecule has 0 aromatic heterocycles. The van der Waals surface area contributed by atoms with Gasteiger partial charge in [0.1, 0.15) is 0 Å². The number of rotatable bonds is 16. The largest absolute Gasteiger partial charge is 0.469 e. The summed E-state index contributed by atoms with van der Waals surface area (Å²) >= 11 is 0. The van der Waals surface area contributed by atoms with Crippen molar-refractivity contribution in [3.8, 4) is 0 Å². The maximum absolute atomic E-state index is 12.4. The zero-order valence-corrected chi connectivity index (χ0v) is 24.6. The van der Waals surface area contributed by atoms with E-state index in [0.29, 0.717) is 5.92 Å². The van der Waals surface area contributed by atoms with E-state index >= 15 is 0 Å². The number of carbonyl (C=O) groups excluding carboxylic acids is 1. The van der Waals surface area contributed by atoms with Gasteiger partial charge >= 0.3 is 5.97 Å². The first-order valence-electron chi connectivity index (χ1n) is 14.1. The fraction of sp³-hybridized carbons (Fsp3) is 0.618. The molecule has 0 saturated heterocycles. The van der Waals surface area contributed by atoms with Crippen LogP contribution >= 0.6 is 0 Å². The molecule has 2 heteroatoms. The monoisotopic (exact) mass is 494 g/mol. The predicted molar refractivity (Wildman–Crippen MR) is 158 cm³/mol. The molecule has 2 unspecified atom stereocenters. The number of carbonyl (C=O) groups is 1. The molecular formula is C34H54O2. The maximum Gasteiger partial charge on any atom is 0.308 e. The summed E-state index contributed by atoms with van der Waals surface area (Å²) in [5.74, 6) is 0.396. The van der Waals surface area contributed by atoms with Gasteiger partial charge in [-0.05, 0) is 125 Å². The normalized spacial score (nSPS) is 18.4. The third-order valence-corrected chi connectivity index (χ3v) is 7.10. The van der Waals surface area contributed by atoms with Crippen molar-refractivity contribution in [3.63, 3.8) is 0 Å². The van der Waals surface area contributed by atoms with Crippen molar-refractivity contribution in [1.29, 1.82) is 0 Å². The molecule has 2 atom stereocenters. The van der Waals surface area contributed by atoms with E-state index in [1.165, 1.54) is 40.5 Å². The molecule has 1 aliphatic carbocycles. The Bertz CT molecular complexity index is 838. The molecule has 0 aromatic rings. The van der Waals surface area contributed by atoms with E-state index in [-0.39, 0.29) is 11.9 Å². The second-order valence-corrected chi connectivity index (χ2v) is 11.4. The average Bonchev–Trinajstić information content (AvgIpc) is 2.81. The van der Waals surface area contributed by atoms with Crippen molar-refractivity contribution >= 4 is 5.97 Å². The highest BCUT2D eigenvalue weighted by Gasteiger charge is 2.28. The lowest BCUT2D eigenvalue weighted by Gasteiger charge is -2.27. The van der Waals surface area contributed by atoms with E-state index in [1.54, 1.807) is 0 Å². The van der Waals surface area contributed by atoms with E-state index in [2.05, 4.69) is 78.5 Å². The van der Waals surface area contributed by atoms with Gasteiger partial charge in [-0.1, -0.05) is 70.4 Å². The first-order chi connectivity index (χ1) is 17.1. The second kappa shape index (κ2) is 18.2. The molecule has 0 saturated carbocycles. The van der Waals surface area contributed by atoms with Gasteiger partial charge in [0, 0.05) is 0 Å². The highest BCUT2D eigenvalue weighted by molar-refractivity contribution is 5.73. The topological polar surface area (TPSA) is 26.3 Å². The molecular weight excluding hydrogens is 440 g/mol. The summed E-state index contributed by atoms with van der Waals surface area (Å²) in [4.78, 5) is 12.4. The minimum atomic E-state index is -0.0494. The number of esters is 1. The molecule has 202 valence electrons. The number of allylic oxidation sites excluding steroid dienone is 11. The van der Waals surface area contributed by atoms with Crippen LogP contribution < -0.4 is 0 Å². The third-order valence-electron chi connectivity index (χ3n) is 7.10. The van der Waals surface area contributed by atoms with Gasteiger partial charge in [0.25, 0.3) is 0 Å². The van der Waals surface area contributed by atoms with Crippen molar-refractivity contribution in [1.82, 2.24) is 0 Å². The van der Waals surface area contributed by atoms with Crippen molar-refractivity contribution in [3.05, 3.63) is 70.4 Å². The Morgan fingerprint density at radius 2 is 1.42 bits per heavy atom. The third kappa shape index (κ3) is 15.1. The van der Waals surface area contributed by atoms with Crippen LogP contribution in [0.1, 0.15) is 119 Å². The Morgan fingerprint density at radius 1 is 0.861 bits per heavy atom. The SMILES string of the molecule is C=C(CC/C=C(\C)CCC=C(C)C)CCC1C=C(CC/C=C(\C)CCC=C(C)C)CC(C(=O)OC)C1. The molecule has 0 spiro atoms. The molecule has 0 amide bonds. The zero-order valence-electron chi connectivity index (χ0n) is 24.6. The molecule has 0 bridgehead atoms. The quantitative estimate of drug-likeness (QED) is 0.157. The van der Waals surface area contributed by atoms with Crippen LogP contribution in [0.4, 0.5) is 0 Å². The highest BCUT2D eigenvalue weighted by atomic mass is 16.5. The first-order valence-corrected chi connectivity index (χ1v) is 14.1. The summed E-state index contributed by atoms with van der Waals surface area (Å²) in [6, 6.07) is 0. The fourth-order valence-electron chi connectivity index (χ4n) is 4.89. The van der Waals surface area contributed by atoms with E-state index in [4.69, 9.17) is 4.74 Å². The van der Waals surface area contributed by atoms with Crippen LogP contribution in [0.3, 0.4) is 0 Å². The Kier molecular flexibility index (Phi) is 16.1. The van der Waals surface area contributed by atoms with E-state index in [1.807, 2.05) is 0 Å². The van der Waals surface area contributed by atoms with Gasteiger partial charge in [-0.25, -0.2) is 0 Å². The number of hydrogen-bond donors (Lipinski definition) is 0. The lowest BCUT2D eigenvalue weighted by atomic mass is 9.78. The Labute approximate surface area is 223 Å². The molecule has 0 heterocycles. The molecule has 0 fully saturated rings. The zero-order chi connectivity index (χ0) is 26.9. The molecule has 36 heavy (non-hydrogen) atoms. The standard InChI is InChI=1S/C34H54O2/c1-26(2)13-9-15-28(5)17-11-18-30(7)21-22-32-23-31(24-33(25-32)34(35)36-8)20-12-19-29(6)16-10-14-27(3)4/h13-14,17,19,23,32-33H,7,9-12,15-16,18,20-22,24-25H2,1-6,8H3/b28-17+,29-19+. The summed E-state index contributed by atoms with van der Waals surface area (Å²) in [6.45, 7) is 17.5. The summed E-state index contributed by atoms with van der Waals surface area (Å²) in [5.41, 5.74) is 8.47. The molecule has 0 N–H and O–H groups in total. The van der Waals surface area contributed by atoms with Gasteiger partial charge in [0.05, 0.1) is 13.0 Å². The number of methoxy groups -OCH3 is 1. The summed E-state index contributed by atoms with van der Waals surface area (Å²) in [7, 11) is 1.52. The van der Waals surface area contributed by atoms with E-state index in [0.717, 1.165) is 77.0 Å². The number of hydrogen-bond acceptors (Lipinski definition) is 2. The minimum absolute atomic E-state index is 0.00222. The van der Waals surface area contributed by atoms with Crippen molar-refractivity contribution in [2.24, 2.45) is 11.8 Å². The van der Waals surface area contributed by atoms with Crippen LogP contribution in [0.5, 0.6) is 0 Å². The predicted octanol–water partition coefficient (Wildman–Crippen LogP) is 10.4. The Morgan fingerprint density at radius 3 is 1.97 bits per heavy atom.